The zero-order chi connectivity index (χ0) is 15.7. The Bertz CT molecular complexity index is 758. The van der Waals surface area contributed by atoms with Crippen molar-refractivity contribution in [3.63, 3.8) is 0 Å². The first-order valence-electron chi connectivity index (χ1n) is 6.97. The minimum atomic E-state index is -0.359. The van der Waals surface area contributed by atoms with Gasteiger partial charge in [-0.15, -0.1) is 0 Å². The van der Waals surface area contributed by atoms with Crippen molar-refractivity contribution in [2.75, 3.05) is 0 Å². The van der Waals surface area contributed by atoms with Gasteiger partial charge < -0.3 is 5.11 Å². The van der Waals surface area contributed by atoms with Crippen LogP contribution >= 0.6 is 0 Å². The van der Waals surface area contributed by atoms with Gasteiger partial charge in [-0.1, -0.05) is 24.3 Å². The SMILES string of the molecule is CC(=O)N1N=C(c2ccccc2O)CC1c1cccc(F)c1. The molecule has 0 bridgehead atoms. The largest absolute Gasteiger partial charge is 0.507 e. The van der Waals surface area contributed by atoms with Crippen molar-refractivity contribution in [2.24, 2.45) is 5.10 Å². The molecule has 1 heterocycles. The zero-order valence-electron chi connectivity index (χ0n) is 12.0. The first kappa shape index (κ1) is 14.3. The van der Waals surface area contributed by atoms with Crippen LogP contribution in [0.4, 0.5) is 4.39 Å². The van der Waals surface area contributed by atoms with E-state index in [0.29, 0.717) is 23.3 Å². The third kappa shape index (κ3) is 2.57. The third-order valence-electron chi connectivity index (χ3n) is 3.68. The molecule has 22 heavy (non-hydrogen) atoms. The van der Waals surface area contributed by atoms with Crippen LogP contribution < -0.4 is 0 Å². The van der Waals surface area contributed by atoms with Crippen molar-refractivity contribution in [2.45, 2.75) is 19.4 Å². The molecule has 0 fully saturated rings. The molecular weight excluding hydrogens is 283 g/mol. The number of hydrogen-bond acceptors (Lipinski definition) is 3. The standard InChI is InChI=1S/C17H15FN2O2/c1-11(21)20-16(12-5-4-6-13(18)9-12)10-15(19-20)14-7-2-3-8-17(14)22/h2-9,16,22H,10H2,1H3. The lowest BCUT2D eigenvalue weighted by atomic mass is 9.98. The molecule has 5 heteroatoms. The van der Waals surface area contributed by atoms with Gasteiger partial charge in [0.25, 0.3) is 0 Å². The van der Waals surface area contributed by atoms with E-state index in [2.05, 4.69) is 5.10 Å². The van der Waals surface area contributed by atoms with Crippen LogP contribution in [0.2, 0.25) is 0 Å². The molecule has 112 valence electrons. The normalized spacial score (nSPS) is 17.5. The number of carbonyl (C=O) groups is 1. The number of carbonyl (C=O) groups excluding carboxylic acids is 1. The number of rotatable bonds is 2. The minimum Gasteiger partial charge on any atom is -0.507 e. The molecule has 2 aromatic carbocycles. The van der Waals surface area contributed by atoms with E-state index in [9.17, 15) is 14.3 Å². The molecule has 0 aliphatic carbocycles. The van der Waals surface area contributed by atoms with Crippen LogP contribution in [-0.2, 0) is 4.79 Å². The Morgan fingerprint density at radius 3 is 2.73 bits per heavy atom. The number of aromatic hydroxyl groups is 1. The van der Waals surface area contributed by atoms with Gasteiger partial charge in [-0.3, -0.25) is 4.79 Å². The summed E-state index contributed by atoms with van der Waals surface area (Å²) in [4.78, 5) is 11.8. The van der Waals surface area contributed by atoms with E-state index in [-0.39, 0.29) is 23.5 Å². The van der Waals surface area contributed by atoms with Gasteiger partial charge >= 0.3 is 0 Å². The number of phenols is 1. The van der Waals surface area contributed by atoms with Crippen molar-refractivity contribution in [1.82, 2.24) is 5.01 Å². The molecule has 0 aromatic heterocycles. The number of halogens is 1. The minimum absolute atomic E-state index is 0.115. The Morgan fingerprint density at radius 2 is 2.05 bits per heavy atom. The molecule has 1 aliphatic heterocycles. The average molecular weight is 298 g/mol. The molecule has 1 atom stereocenters. The van der Waals surface area contributed by atoms with E-state index in [0.717, 1.165) is 0 Å². The number of nitrogens with zero attached hydrogens (tertiary/aromatic N) is 2. The number of hydrazone groups is 1. The molecule has 0 saturated heterocycles. The molecule has 1 aliphatic rings. The second-order valence-electron chi connectivity index (χ2n) is 5.20. The fourth-order valence-electron chi connectivity index (χ4n) is 2.65. The summed E-state index contributed by atoms with van der Waals surface area (Å²) in [6, 6.07) is 12.6. The third-order valence-corrected chi connectivity index (χ3v) is 3.68. The Balaban J connectivity index is 1.99. The highest BCUT2D eigenvalue weighted by Crippen LogP contribution is 2.34. The number of amides is 1. The summed E-state index contributed by atoms with van der Waals surface area (Å²) in [5.41, 5.74) is 1.89. The van der Waals surface area contributed by atoms with Gasteiger partial charge in [0, 0.05) is 18.9 Å². The molecule has 0 saturated carbocycles. The van der Waals surface area contributed by atoms with E-state index in [1.807, 2.05) is 0 Å². The summed E-state index contributed by atoms with van der Waals surface area (Å²) in [5, 5.41) is 15.6. The second kappa shape index (κ2) is 5.60. The molecule has 1 N–H and O–H groups in total. The van der Waals surface area contributed by atoms with Gasteiger partial charge in [0.15, 0.2) is 0 Å². The van der Waals surface area contributed by atoms with Crippen molar-refractivity contribution in [1.29, 1.82) is 0 Å². The fraction of sp³-hybridized carbons (Fsp3) is 0.176. The quantitative estimate of drug-likeness (QED) is 0.925. The summed E-state index contributed by atoms with van der Waals surface area (Å²) in [7, 11) is 0. The number of benzene rings is 2. The maximum Gasteiger partial charge on any atom is 0.240 e. The van der Waals surface area contributed by atoms with Crippen molar-refractivity contribution < 1.29 is 14.3 Å². The van der Waals surface area contributed by atoms with E-state index in [4.69, 9.17) is 0 Å². The van der Waals surface area contributed by atoms with Crippen LogP contribution in [0.25, 0.3) is 0 Å². The van der Waals surface area contributed by atoms with E-state index in [1.54, 1.807) is 36.4 Å². The first-order valence-corrected chi connectivity index (χ1v) is 6.97. The second-order valence-corrected chi connectivity index (χ2v) is 5.20. The Hall–Kier alpha value is -2.69. The first-order chi connectivity index (χ1) is 10.6. The molecule has 3 rings (SSSR count). The van der Waals surface area contributed by atoms with Crippen LogP contribution in [-0.4, -0.2) is 21.7 Å². The van der Waals surface area contributed by atoms with Gasteiger partial charge in [-0.05, 0) is 29.8 Å². The van der Waals surface area contributed by atoms with Crippen LogP contribution in [0.5, 0.6) is 5.75 Å². The van der Waals surface area contributed by atoms with E-state index >= 15 is 0 Å². The summed E-state index contributed by atoms with van der Waals surface area (Å²) in [5.74, 6) is -0.457. The Morgan fingerprint density at radius 1 is 1.27 bits per heavy atom. The number of hydrogen-bond donors (Lipinski definition) is 1. The van der Waals surface area contributed by atoms with Crippen LogP contribution in [0.1, 0.15) is 30.5 Å². The topological polar surface area (TPSA) is 52.9 Å². The zero-order valence-corrected chi connectivity index (χ0v) is 12.0. The number of para-hydroxylation sites is 1. The van der Waals surface area contributed by atoms with Crippen LogP contribution in [0.15, 0.2) is 53.6 Å². The van der Waals surface area contributed by atoms with Gasteiger partial charge in [-0.2, -0.15) is 5.10 Å². The fourth-order valence-corrected chi connectivity index (χ4v) is 2.65. The smallest absolute Gasteiger partial charge is 0.240 e. The monoisotopic (exact) mass is 298 g/mol. The maximum absolute atomic E-state index is 13.5. The van der Waals surface area contributed by atoms with Crippen molar-refractivity contribution in [3.05, 3.63) is 65.5 Å². The highest BCUT2D eigenvalue weighted by atomic mass is 19.1. The lowest BCUT2D eigenvalue weighted by molar-refractivity contribution is -0.130. The highest BCUT2D eigenvalue weighted by molar-refractivity contribution is 6.05. The van der Waals surface area contributed by atoms with Gasteiger partial charge in [-0.25, -0.2) is 9.40 Å². The summed E-state index contributed by atoms with van der Waals surface area (Å²) < 4.78 is 13.5. The predicted molar refractivity (Wildman–Crippen MR) is 80.9 cm³/mol. The molecule has 0 spiro atoms. The molecule has 4 nitrogen and oxygen atoms in total. The van der Waals surface area contributed by atoms with Crippen LogP contribution in [0.3, 0.4) is 0 Å². The molecule has 1 amide bonds. The molecular formula is C17H15FN2O2. The lowest BCUT2D eigenvalue weighted by Crippen LogP contribution is -2.24. The Labute approximate surface area is 127 Å². The summed E-state index contributed by atoms with van der Waals surface area (Å²) in [6.07, 6.45) is 0.431. The average Bonchev–Trinajstić information content (AvgIpc) is 2.93. The predicted octanol–water partition coefficient (Wildman–Crippen LogP) is 3.23. The lowest BCUT2D eigenvalue weighted by Gasteiger charge is -2.20. The van der Waals surface area contributed by atoms with E-state index in [1.165, 1.54) is 24.1 Å². The maximum atomic E-state index is 13.5. The molecule has 0 radical (unpaired) electrons. The highest BCUT2D eigenvalue weighted by Gasteiger charge is 2.32. The molecule has 1 unspecified atom stereocenters. The van der Waals surface area contributed by atoms with Crippen molar-refractivity contribution in [3.8, 4) is 5.75 Å². The van der Waals surface area contributed by atoms with Gasteiger partial charge in [0.2, 0.25) is 5.91 Å². The molecule has 2 aromatic rings. The Kier molecular flexibility index (Phi) is 3.63. The summed E-state index contributed by atoms with van der Waals surface area (Å²) in [6.45, 7) is 1.42. The van der Waals surface area contributed by atoms with Gasteiger partial charge in [0.1, 0.15) is 11.6 Å². The van der Waals surface area contributed by atoms with Crippen molar-refractivity contribution >= 4 is 11.6 Å². The number of phenolic OH excluding ortho intramolecular Hbond substituents is 1. The van der Waals surface area contributed by atoms with Gasteiger partial charge in [0.05, 0.1) is 11.8 Å². The van der Waals surface area contributed by atoms with E-state index < -0.39 is 0 Å². The van der Waals surface area contributed by atoms with Crippen LogP contribution in [0, 0.1) is 5.82 Å². The summed E-state index contributed by atoms with van der Waals surface area (Å²) >= 11 is 0.